The largest absolute Gasteiger partial charge is 0.322 e. The van der Waals surface area contributed by atoms with E-state index in [4.69, 9.17) is 0 Å². The van der Waals surface area contributed by atoms with Crippen molar-refractivity contribution in [2.24, 2.45) is 0 Å². The number of H-pyrrole nitrogens is 1. The molecule has 132 valence electrons. The minimum Gasteiger partial charge on any atom is -0.322 e. The summed E-state index contributed by atoms with van der Waals surface area (Å²) in [6.07, 6.45) is 3.25. The number of pyridine rings is 1. The SMILES string of the molecule is Cc1cc2cc(CCC(=O)N3CCCc4ccccc43)ccc2[nH]c1=O. The molecule has 0 radical (unpaired) electrons. The molecule has 1 N–H and O–H groups in total. The number of nitrogens with one attached hydrogen (secondary N) is 1. The number of carbonyl (C=O) groups excluding carboxylic acids is 1. The summed E-state index contributed by atoms with van der Waals surface area (Å²) in [7, 11) is 0. The highest BCUT2D eigenvalue weighted by molar-refractivity contribution is 5.94. The number of benzene rings is 2. The summed E-state index contributed by atoms with van der Waals surface area (Å²) in [5, 5.41) is 1.01. The van der Waals surface area contributed by atoms with Gasteiger partial charge in [-0.05, 0) is 67.0 Å². The number of para-hydroxylation sites is 1. The molecule has 0 bridgehead atoms. The average molecular weight is 346 g/mol. The van der Waals surface area contributed by atoms with Crippen molar-refractivity contribution in [3.8, 4) is 0 Å². The number of carbonyl (C=O) groups is 1. The number of rotatable bonds is 3. The van der Waals surface area contributed by atoms with Crippen LogP contribution in [0, 0.1) is 6.92 Å². The summed E-state index contributed by atoms with van der Waals surface area (Å²) in [5.41, 5.74) is 4.93. The van der Waals surface area contributed by atoms with Crippen LogP contribution >= 0.6 is 0 Å². The summed E-state index contributed by atoms with van der Waals surface area (Å²) in [6, 6.07) is 16.1. The Morgan fingerprint density at radius 3 is 2.88 bits per heavy atom. The van der Waals surface area contributed by atoms with Gasteiger partial charge in [0.15, 0.2) is 0 Å². The molecule has 2 heterocycles. The minimum atomic E-state index is -0.0517. The molecule has 0 saturated heterocycles. The van der Waals surface area contributed by atoms with Crippen molar-refractivity contribution in [2.45, 2.75) is 32.6 Å². The van der Waals surface area contributed by atoms with Gasteiger partial charge in [-0.2, -0.15) is 0 Å². The molecule has 1 aromatic heterocycles. The molecule has 1 amide bonds. The molecule has 3 aromatic rings. The fraction of sp³-hybridized carbons (Fsp3) is 0.273. The lowest BCUT2D eigenvalue weighted by Gasteiger charge is -2.29. The van der Waals surface area contributed by atoms with Gasteiger partial charge in [0.1, 0.15) is 0 Å². The summed E-state index contributed by atoms with van der Waals surface area (Å²) in [6.45, 7) is 2.61. The van der Waals surface area contributed by atoms with Gasteiger partial charge in [0.25, 0.3) is 5.56 Å². The van der Waals surface area contributed by atoms with E-state index in [-0.39, 0.29) is 11.5 Å². The third-order valence-electron chi connectivity index (χ3n) is 5.13. The molecule has 0 saturated carbocycles. The van der Waals surface area contributed by atoms with Gasteiger partial charge in [0, 0.05) is 29.7 Å². The summed E-state index contributed by atoms with van der Waals surface area (Å²) in [4.78, 5) is 29.3. The van der Waals surface area contributed by atoms with Crippen molar-refractivity contribution in [3.63, 3.8) is 0 Å². The molecule has 0 spiro atoms. The normalized spacial score (nSPS) is 13.7. The Labute approximate surface area is 152 Å². The predicted octanol–water partition coefficient (Wildman–Crippen LogP) is 3.75. The fourth-order valence-electron chi connectivity index (χ4n) is 3.70. The molecule has 4 rings (SSSR count). The number of aromatic nitrogens is 1. The smallest absolute Gasteiger partial charge is 0.251 e. The zero-order valence-electron chi connectivity index (χ0n) is 14.9. The number of anilines is 1. The van der Waals surface area contributed by atoms with Gasteiger partial charge in [-0.25, -0.2) is 0 Å². The second-order valence-electron chi connectivity index (χ2n) is 6.98. The Kier molecular flexibility index (Phi) is 4.33. The van der Waals surface area contributed by atoms with Crippen molar-refractivity contribution < 1.29 is 4.79 Å². The maximum atomic E-state index is 12.8. The quantitative estimate of drug-likeness (QED) is 0.785. The van der Waals surface area contributed by atoms with Gasteiger partial charge in [-0.15, -0.1) is 0 Å². The van der Waals surface area contributed by atoms with E-state index in [2.05, 4.69) is 17.1 Å². The van der Waals surface area contributed by atoms with Crippen LogP contribution in [0.2, 0.25) is 0 Å². The van der Waals surface area contributed by atoms with Crippen LogP contribution in [-0.2, 0) is 17.6 Å². The van der Waals surface area contributed by atoms with E-state index in [9.17, 15) is 9.59 Å². The lowest BCUT2D eigenvalue weighted by atomic mass is 10.0. The molecule has 0 atom stereocenters. The second-order valence-corrected chi connectivity index (χ2v) is 6.98. The molecule has 0 fully saturated rings. The van der Waals surface area contributed by atoms with Gasteiger partial charge in [0.05, 0.1) is 0 Å². The van der Waals surface area contributed by atoms with Crippen LogP contribution in [-0.4, -0.2) is 17.4 Å². The highest BCUT2D eigenvalue weighted by Crippen LogP contribution is 2.27. The standard InChI is InChI=1S/C22H22N2O2/c1-15-13-18-14-16(8-10-19(18)23-22(15)26)9-11-21(25)24-12-4-6-17-5-2-3-7-20(17)24/h2-3,5,7-8,10,13-14H,4,6,9,11-12H2,1H3,(H,23,26). The highest BCUT2D eigenvalue weighted by Gasteiger charge is 2.21. The molecule has 1 aliphatic rings. The molecule has 26 heavy (non-hydrogen) atoms. The Bertz CT molecular complexity index is 1040. The van der Waals surface area contributed by atoms with Crippen molar-refractivity contribution in [3.05, 3.63) is 75.6 Å². The lowest BCUT2D eigenvalue weighted by Crippen LogP contribution is -2.35. The first-order valence-electron chi connectivity index (χ1n) is 9.13. The van der Waals surface area contributed by atoms with Crippen LogP contribution in [0.15, 0.2) is 53.3 Å². The van der Waals surface area contributed by atoms with Crippen molar-refractivity contribution in [1.29, 1.82) is 0 Å². The summed E-state index contributed by atoms with van der Waals surface area (Å²) < 4.78 is 0. The molecule has 4 nitrogen and oxygen atoms in total. The predicted molar refractivity (Wildman–Crippen MR) is 105 cm³/mol. The average Bonchev–Trinajstić information content (AvgIpc) is 2.66. The Morgan fingerprint density at radius 2 is 2.00 bits per heavy atom. The molecular formula is C22H22N2O2. The monoisotopic (exact) mass is 346 g/mol. The van der Waals surface area contributed by atoms with E-state index in [1.165, 1.54) is 5.56 Å². The Morgan fingerprint density at radius 1 is 1.15 bits per heavy atom. The fourth-order valence-corrected chi connectivity index (χ4v) is 3.70. The molecule has 2 aromatic carbocycles. The molecule has 0 unspecified atom stereocenters. The van der Waals surface area contributed by atoms with Gasteiger partial charge in [0.2, 0.25) is 5.91 Å². The van der Waals surface area contributed by atoms with Crippen LogP contribution in [0.5, 0.6) is 0 Å². The molecule has 1 aliphatic heterocycles. The Hall–Kier alpha value is -2.88. The van der Waals surface area contributed by atoms with Gasteiger partial charge < -0.3 is 9.88 Å². The van der Waals surface area contributed by atoms with Gasteiger partial charge >= 0.3 is 0 Å². The van der Waals surface area contributed by atoms with Crippen molar-refractivity contribution in [2.75, 3.05) is 11.4 Å². The maximum Gasteiger partial charge on any atom is 0.251 e. The second kappa shape index (κ2) is 6.79. The zero-order valence-corrected chi connectivity index (χ0v) is 14.9. The summed E-state index contributed by atoms with van der Waals surface area (Å²) in [5.74, 6) is 0.176. The lowest BCUT2D eigenvalue weighted by molar-refractivity contribution is -0.118. The van der Waals surface area contributed by atoms with E-state index in [1.54, 1.807) is 0 Å². The van der Waals surface area contributed by atoms with Crippen LogP contribution < -0.4 is 10.5 Å². The maximum absolute atomic E-state index is 12.8. The number of nitrogens with zero attached hydrogens (tertiary/aromatic N) is 1. The zero-order chi connectivity index (χ0) is 18.1. The van der Waals surface area contributed by atoms with E-state index in [0.717, 1.165) is 41.5 Å². The number of aromatic amines is 1. The van der Waals surface area contributed by atoms with Crippen LogP contribution in [0.1, 0.15) is 29.5 Å². The van der Waals surface area contributed by atoms with Crippen molar-refractivity contribution >= 4 is 22.5 Å². The molecule has 0 aliphatic carbocycles. The van der Waals surface area contributed by atoms with E-state index in [1.807, 2.05) is 48.2 Å². The van der Waals surface area contributed by atoms with Gasteiger partial charge in [-0.1, -0.05) is 24.3 Å². The highest BCUT2D eigenvalue weighted by atomic mass is 16.2. The first kappa shape index (κ1) is 16.6. The van der Waals surface area contributed by atoms with E-state index in [0.29, 0.717) is 18.4 Å². The first-order valence-corrected chi connectivity index (χ1v) is 9.13. The number of amides is 1. The van der Waals surface area contributed by atoms with E-state index < -0.39 is 0 Å². The number of aryl methyl sites for hydroxylation is 3. The number of fused-ring (bicyclic) bond motifs is 2. The van der Waals surface area contributed by atoms with Crippen LogP contribution in [0.4, 0.5) is 5.69 Å². The minimum absolute atomic E-state index is 0.0517. The number of hydrogen-bond donors (Lipinski definition) is 1. The van der Waals surface area contributed by atoms with Crippen LogP contribution in [0.3, 0.4) is 0 Å². The molecule has 4 heteroatoms. The van der Waals surface area contributed by atoms with Gasteiger partial charge in [-0.3, -0.25) is 9.59 Å². The molecular weight excluding hydrogens is 324 g/mol. The first-order chi connectivity index (χ1) is 12.6. The summed E-state index contributed by atoms with van der Waals surface area (Å²) >= 11 is 0. The Balaban J connectivity index is 1.51. The van der Waals surface area contributed by atoms with Crippen molar-refractivity contribution in [1.82, 2.24) is 4.98 Å². The topological polar surface area (TPSA) is 53.2 Å². The number of hydrogen-bond acceptors (Lipinski definition) is 2. The third kappa shape index (κ3) is 3.15. The van der Waals surface area contributed by atoms with E-state index >= 15 is 0 Å². The van der Waals surface area contributed by atoms with Crippen LogP contribution in [0.25, 0.3) is 10.9 Å². The third-order valence-corrected chi connectivity index (χ3v) is 5.13.